The highest BCUT2D eigenvalue weighted by Gasteiger charge is 2.59. The third kappa shape index (κ3) is 7.04. The van der Waals surface area contributed by atoms with Crippen molar-refractivity contribution in [2.24, 2.45) is 5.73 Å². The topological polar surface area (TPSA) is 317 Å². The number of rotatable bonds is 7. The van der Waals surface area contributed by atoms with Crippen LogP contribution in [0.1, 0.15) is 75.1 Å². The number of nitrogens with zero attached hydrogens (tertiary/aromatic N) is 2. The number of aromatic nitrogens is 2. The van der Waals surface area contributed by atoms with Gasteiger partial charge >= 0.3 is 11.6 Å². The highest BCUT2D eigenvalue weighted by Crippen LogP contribution is 2.52. The number of carbonyl (C=O) groups is 3. The van der Waals surface area contributed by atoms with Gasteiger partial charge in [-0.25, -0.2) is 4.79 Å². The molecule has 7 rings (SSSR count). The molecule has 1 aromatic heterocycles. The van der Waals surface area contributed by atoms with Gasteiger partial charge in [0.2, 0.25) is 12.0 Å². The second kappa shape index (κ2) is 15.4. The van der Waals surface area contributed by atoms with Gasteiger partial charge in [-0.15, -0.1) is 0 Å². The first-order valence-corrected chi connectivity index (χ1v) is 17.5. The van der Waals surface area contributed by atoms with E-state index in [1.807, 2.05) is 0 Å². The zero-order valence-electron chi connectivity index (χ0n) is 30.2. The molecule has 3 aromatic rings. The molecule has 2 aliphatic carbocycles. The van der Waals surface area contributed by atoms with Crippen molar-refractivity contribution >= 4 is 23.2 Å². The summed E-state index contributed by atoms with van der Waals surface area (Å²) in [7, 11) is 1.32. The van der Waals surface area contributed by atoms with Crippen LogP contribution in [-0.2, 0) is 25.4 Å². The summed E-state index contributed by atoms with van der Waals surface area (Å²) in [6.07, 6.45) is -9.81. The molecule has 3 heterocycles. The van der Waals surface area contributed by atoms with Crippen LogP contribution in [0.25, 0.3) is 0 Å². The SMILES string of the molecule is COc1cccc2c1C(=O)c1c(O)c3c(c(O)c1C2=O)C[C@@](O)(C(=O)CO)C[C@@H]3O[C@H]1C[C@H](N)[C@@H](O)[C@H](C)O1.Nc1ccn([C@@H]2O[C@H](CO)[C@@H](O)C2(F)F)c(=O)n1. The molecule has 0 bridgehead atoms. The van der Waals surface area contributed by atoms with Crippen molar-refractivity contribution in [3.05, 3.63) is 74.3 Å². The summed E-state index contributed by atoms with van der Waals surface area (Å²) >= 11 is 0. The number of hydrogen-bond donors (Lipinski definition) is 9. The number of carbonyl (C=O) groups excluding carboxylic acids is 3. The maximum Gasteiger partial charge on any atom is 0.351 e. The van der Waals surface area contributed by atoms with Gasteiger partial charge in [-0.05, 0) is 19.1 Å². The maximum atomic E-state index is 13.7. The lowest BCUT2D eigenvalue weighted by Gasteiger charge is -2.42. The zero-order valence-corrected chi connectivity index (χ0v) is 30.2. The number of benzene rings is 2. The number of nitrogen functional groups attached to an aromatic ring is 1. The number of hydrogen-bond acceptors (Lipinski definition) is 18. The third-order valence-electron chi connectivity index (χ3n) is 10.5. The average molecular weight is 807 g/mol. The number of halogens is 2. The van der Waals surface area contributed by atoms with E-state index in [0.717, 1.165) is 12.3 Å². The molecule has 4 aliphatic rings. The number of aliphatic hydroxyl groups is 5. The van der Waals surface area contributed by atoms with E-state index in [2.05, 4.69) is 4.98 Å². The number of aromatic hydroxyl groups is 2. The number of methoxy groups -OCH3 is 1. The van der Waals surface area contributed by atoms with Gasteiger partial charge in [0.1, 0.15) is 41.4 Å². The summed E-state index contributed by atoms with van der Waals surface area (Å²) in [4.78, 5) is 54.5. The van der Waals surface area contributed by atoms with Gasteiger partial charge in [-0.3, -0.25) is 19.0 Å². The lowest BCUT2D eigenvalue weighted by Crippen LogP contribution is -2.53. The molecule has 2 saturated heterocycles. The Kier molecular flexibility index (Phi) is 11.3. The second-order valence-electron chi connectivity index (χ2n) is 14.0. The zero-order chi connectivity index (χ0) is 41.9. The predicted molar refractivity (Wildman–Crippen MR) is 187 cm³/mol. The van der Waals surface area contributed by atoms with Crippen molar-refractivity contribution in [2.75, 3.05) is 26.1 Å². The predicted octanol–water partition coefficient (Wildman–Crippen LogP) is -1.29. The number of phenolic OH excluding ortho intramolecular Hbond substituents is 2. The fourth-order valence-electron chi connectivity index (χ4n) is 7.47. The van der Waals surface area contributed by atoms with E-state index in [4.69, 9.17) is 35.5 Å². The summed E-state index contributed by atoms with van der Waals surface area (Å²) in [6.45, 7) is -0.228. The summed E-state index contributed by atoms with van der Waals surface area (Å²) < 4.78 is 49.7. The summed E-state index contributed by atoms with van der Waals surface area (Å²) in [5.41, 5.74) is 6.58. The minimum atomic E-state index is -3.71. The highest BCUT2D eigenvalue weighted by molar-refractivity contribution is 6.31. The van der Waals surface area contributed by atoms with Gasteiger partial charge in [0.15, 0.2) is 24.0 Å². The number of ether oxygens (including phenoxy) is 4. The van der Waals surface area contributed by atoms with Crippen molar-refractivity contribution in [1.82, 2.24) is 9.55 Å². The molecule has 11 N–H and O–H groups in total. The van der Waals surface area contributed by atoms with Crippen molar-refractivity contribution < 1.29 is 77.9 Å². The van der Waals surface area contributed by atoms with Gasteiger partial charge in [0.25, 0.3) is 0 Å². The Labute approximate surface area is 320 Å². The monoisotopic (exact) mass is 806 g/mol. The molecule has 0 saturated carbocycles. The average Bonchev–Trinajstić information content (AvgIpc) is 3.40. The number of aliphatic hydroxyl groups excluding tert-OH is 4. The Morgan fingerprint density at radius 2 is 1.74 bits per heavy atom. The Morgan fingerprint density at radius 3 is 2.33 bits per heavy atom. The molecule has 19 nitrogen and oxygen atoms in total. The smallest absolute Gasteiger partial charge is 0.351 e. The fourth-order valence-corrected chi connectivity index (χ4v) is 7.47. The normalized spacial score (nSPS) is 30.1. The quantitative estimate of drug-likeness (QED) is 0.0982. The van der Waals surface area contributed by atoms with E-state index >= 15 is 0 Å². The second-order valence-corrected chi connectivity index (χ2v) is 14.0. The van der Waals surface area contributed by atoms with Gasteiger partial charge in [-0.1, -0.05) is 12.1 Å². The molecule has 2 fully saturated rings. The Bertz CT molecular complexity index is 2160. The van der Waals surface area contributed by atoms with E-state index in [9.17, 15) is 58.6 Å². The molecule has 0 radical (unpaired) electrons. The number of alkyl halides is 2. The summed E-state index contributed by atoms with van der Waals surface area (Å²) in [5.74, 6) is -7.60. The van der Waals surface area contributed by atoms with Gasteiger partial charge in [0.05, 0.1) is 48.7 Å². The first-order valence-electron chi connectivity index (χ1n) is 17.5. The fraction of sp³-hybridized carbons (Fsp3) is 0.472. The van der Waals surface area contributed by atoms with Crippen LogP contribution in [0.15, 0.2) is 35.3 Å². The van der Waals surface area contributed by atoms with Crippen molar-refractivity contribution in [3.63, 3.8) is 0 Å². The van der Waals surface area contributed by atoms with Crippen LogP contribution >= 0.6 is 0 Å². The molecule has 308 valence electrons. The Morgan fingerprint density at radius 1 is 1.05 bits per heavy atom. The van der Waals surface area contributed by atoms with Gasteiger partial charge in [-0.2, -0.15) is 13.8 Å². The number of phenols is 2. The maximum absolute atomic E-state index is 13.7. The standard InChI is InChI=1S/C27H29NO11.C9H11F2N3O4/c1-10-22(31)13(28)6-17(38-10)39-15-8-27(36,16(30)9-29)7-12-19(15)26(35)21-20(24(12)33)23(32)11-4-3-5-14(37-2)18(11)25(21)34;10-9(11)6(16)4(3-15)18-7(9)14-2-1-5(12)13-8(14)17/h3-5,10,13,15,17,22,29,31,33,35-36H,6-9,28H2,1-2H3;1-2,4,6-7,15-16H,3H2,(H2,12,13,17)/t10-,13-,15-,17-,22-,27-;4-,6-,7-/m01/s1. The van der Waals surface area contributed by atoms with E-state index in [1.54, 1.807) is 6.92 Å². The number of Topliss-reactive ketones (excluding diaryl/α,β-unsaturated/α-hetero) is 1. The first-order chi connectivity index (χ1) is 26.8. The van der Waals surface area contributed by atoms with Crippen molar-refractivity contribution in [3.8, 4) is 17.2 Å². The summed E-state index contributed by atoms with van der Waals surface area (Å²) in [6, 6.07) is 4.79. The van der Waals surface area contributed by atoms with Crippen LogP contribution in [-0.4, -0.2) is 131 Å². The molecule has 21 heteroatoms. The Balaban J connectivity index is 0.000000255. The van der Waals surface area contributed by atoms with Crippen molar-refractivity contribution in [2.45, 2.75) is 86.8 Å². The van der Waals surface area contributed by atoms with Crippen LogP contribution in [0.5, 0.6) is 17.2 Å². The minimum absolute atomic E-state index is 0.0173. The minimum Gasteiger partial charge on any atom is -0.507 e. The third-order valence-corrected chi connectivity index (χ3v) is 10.5. The van der Waals surface area contributed by atoms with Gasteiger partial charge < -0.3 is 66.2 Å². The molecule has 2 aromatic carbocycles. The Hall–Kier alpha value is -4.97. The van der Waals surface area contributed by atoms with Gasteiger partial charge in [0, 0.05) is 48.2 Å². The molecule has 0 amide bonds. The van der Waals surface area contributed by atoms with Crippen LogP contribution < -0.4 is 21.9 Å². The lowest BCUT2D eigenvalue weighted by atomic mass is 9.72. The van der Waals surface area contributed by atoms with E-state index in [-0.39, 0.29) is 40.2 Å². The number of nitrogens with two attached hydrogens (primary N) is 2. The molecular weight excluding hydrogens is 766 g/mol. The van der Waals surface area contributed by atoms with E-state index < -0.39 is 132 Å². The molecule has 57 heavy (non-hydrogen) atoms. The molecule has 9 atom stereocenters. The molecule has 2 aliphatic heterocycles. The van der Waals surface area contributed by atoms with Crippen LogP contribution in [0.4, 0.5) is 14.6 Å². The van der Waals surface area contributed by atoms with E-state index in [1.165, 1.54) is 25.3 Å². The summed E-state index contributed by atoms with van der Waals surface area (Å²) in [5, 5.41) is 71.8. The van der Waals surface area contributed by atoms with Crippen LogP contribution in [0.2, 0.25) is 0 Å². The number of anilines is 1. The van der Waals surface area contributed by atoms with Crippen LogP contribution in [0.3, 0.4) is 0 Å². The van der Waals surface area contributed by atoms with Crippen molar-refractivity contribution in [1.29, 1.82) is 0 Å². The number of ketones is 3. The largest absolute Gasteiger partial charge is 0.507 e. The first kappa shape index (κ1) is 41.7. The molecule has 0 unspecified atom stereocenters. The van der Waals surface area contributed by atoms with Crippen LogP contribution in [0, 0.1) is 0 Å². The lowest BCUT2D eigenvalue weighted by molar-refractivity contribution is -0.247. The number of fused-ring (bicyclic) bond motifs is 3. The molecular formula is C36H40F2N4O15. The highest BCUT2D eigenvalue weighted by atomic mass is 19.3. The molecule has 0 spiro atoms. The van der Waals surface area contributed by atoms with E-state index in [0.29, 0.717) is 4.57 Å².